The van der Waals surface area contributed by atoms with Crippen molar-refractivity contribution in [3.63, 3.8) is 0 Å². The Labute approximate surface area is 125 Å². The van der Waals surface area contributed by atoms with Gasteiger partial charge in [-0.1, -0.05) is 0 Å². The summed E-state index contributed by atoms with van der Waals surface area (Å²) in [7, 11) is 0. The Morgan fingerprint density at radius 3 is 2.29 bits per heavy atom. The molecule has 0 spiro atoms. The van der Waals surface area contributed by atoms with Gasteiger partial charge in [0.25, 0.3) is 0 Å². The van der Waals surface area contributed by atoms with Crippen molar-refractivity contribution in [2.45, 2.75) is 33.0 Å². The number of hydrogen-bond donors (Lipinski definition) is 1. The van der Waals surface area contributed by atoms with Crippen LogP contribution in [-0.4, -0.2) is 48.4 Å². The molecule has 1 aliphatic heterocycles. The minimum Gasteiger partial charge on any atom is -0.373 e. The summed E-state index contributed by atoms with van der Waals surface area (Å²) in [6.07, 6.45) is 0.299. The van der Waals surface area contributed by atoms with Gasteiger partial charge < -0.3 is 10.1 Å². The fourth-order valence-corrected chi connectivity index (χ4v) is 2.61. The molecule has 2 rings (SSSR count). The molecule has 5 heteroatoms. The number of nitrogens with one attached hydrogen (secondary N) is 1. The summed E-state index contributed by atoms with van der Waals surface area (Å²) >= 11 is 0. The Morgan fingerprint density at radius 2 is 1.76 bits per heavy atom. The summed E-state index contributed by atoms with van der Waals surface area (Å²) in [5.41, 5.74) is 1.35. The number of morpholine rings is 1. The average molecular weight is 290 g/mol. The third-order valence-corrected chi connectivity index (χ3v) is 3.44. The van der Waals surface area contributed by atoms with Crippen LogP contribution in [0.5, 0.6) is 0 Å². The zero-order valence-corrected chi connectivity index (χ0v) is 12.8. The SMILES string of the molecule is CC(=O)c1ccc(NC(=O)CN2C[C@H](C)O[C@@H](C)C2)cc1. The molecule has 2 atom stereocenters. The molecule has 1 N–H and O–H groups in total. The molecule has 0 aliphatic carbocycles. The molecule has 0 bridgehead atoms. The number of benzene rings is 1. The molecule has 5 nitrogen and oxygen atoms in total. The Balaban J connectivity index is 1.88. The number of carbonyl (C=O) groups is 2. The number of nitrogens with zero attached hydrogens (tertiary/aromatic N) is 1. The van der Waals surface area contributed by atoms with E-state index in [1.807, 2.05) is 13.8 Å². The fourth-order valence-electron chi connectivity index (χ4n) is 2.61. The van der Waals surface area contributed by atoms with Crippen LogP contribution in [-0.2, 0) is 9.53 Å². The van der Waals surface area contributed by atoms with Gasteiger partial charge in [-0.15, -0.1) is 0 Å². The molecule has 1 aliphatic rings. The molecular formula is C16H22N2O3. The molecule has 0 saturated carbocycles. The van der Waals surface area contributed by atoms with E-state index in [4.69, 9.17) is 4.74 Å². The lowest BCUT2D eigenvalue weighted by atomic mass is 10.1. The Bertz CT molecular complexity index is 503. The minimum atomic E-state index is -0.0492. The number of amides is 1. The minimum absolute atomic E-state index is 0.0177. The number of rotatable bonds is 4. The smallest absolute Gasteiger partial charge is 0.238 e. The number of ether oxygens (including phenoxy) is 1. The van der Waals surface area contributed by atoms with Gasteiger partial charge in [-0.2, -0.15) is 0 Å². The lowest BCUT2D eigenvalue weighted by Gasteiger charge is -2.34. The molecular weight excluding hydrogens is 268 g/mol. The number of anilines is 1. The Hall–Kier alpha value is -1.72. The third kappa shape index (κ3) is 4.65. The van der Waals surface area contributed by atoms with Crippen LogP contribution in [0.4, 0.5) is 5.69 Å². The van der Waals surface area contributed by atoms with Crippen LogP contribution in [0.25, 0.3) is 0 Å². The largest absolute Gasteiger partial charge is 0.373 e. The predicted molar refractivity (Wildman–Crippen MR) is 81.5 cm³/mol. The first-order chi connectivity index (χ1) is 9.94. The molecule has 1 aromatic rings. The van der Waals surface area contributed by atoms with Crippen LogP contribution in [0, 0.1) is 0 Å². The number of Topliss-reactive ketones (excluding diaryl/α,β-unsaturated/α-hetero) is 1. The summed E-state index contributed by atoms with van der Waals surface area (Å²) in [5, 5.41) is 2.85. The maximum absolute atomic E-state index is 12.1. The van der Waals surface area contributed by atoms with Gasteiger partial charge in [-0.25, -0.2) is 0 Å². The van der Waals surface area contributed by atoms with Gasteiger partial charge in [0.05, 0.1) is 18.8 Å². The van der Waals surface area contributed by atoms with E-state index < -0.39 is 0 Å². The van der Waals surface area contributed by atoms with Crippen molar-refractivity contribution in [3.8, 4) is 0 Å². The number of hydrogen-bond acceptors (Lipinski definition) is 4. The molecule has 21 heavy (non-hydrogen) atoms. The highest BCUT2D eigenvalue weighted by Gasteiger charge is 2.23. The van der Waals surface area contributed by atoms with Gasteiger partial charge in [-0.05, 0) is 45.0 Å². The topological polar surface area (TPSA) is 58.6 Å². The van der Waals surface area contributed by atoms with E-state index in [-0.39, 0.29) is 23.9 Å². The highest BCUT2D eigenvalue weighted by Crippen LogP contribution is 2.12. The van der Waals surface area contributed by atoms with Crippen molar-refractivity contribution < 1.29 is 14.3 Å². The van der Waals surface area contributed by atoms with E-state index in [2.05, 4.69) is 10.2 Å². The van der Waals surface area contributed by atoms with E-state index in [9.17, 15) is 9.59 Å². The van der Waals surface area contributed by atoms with Gasteiger partial charge in [0.1, 0.15) is 0 Å². The van der Waals surface area contributed by atoms with Gasteiger partial charge in [0, 0.05) is 24.3 Å². The molecule has 1 fully saturated rings. The van der Waals surface area contributed by atoms with Crippen LogP contribution in [0.2, 0.25) is 0 Å². The van der Waals surface area contributed by atoms with Crippen molar-refractivity contribution in [2.75, 3.05) is 25.0 Å². The van der Waals surface area contributed by atoms with Crippen LogP contribution in [0.3, 0.4) is 0 Å². The standard InChI is InChI=1S/C16H22N2O3/c1-11-8-18(9-12(2)21-11)10-16(20)17-15-6-4-14(5-7-15)13(3)19/h4-7,11-12H,8-10H2,1-3H3,(H,17,20)/t11-,12-/m0/s1. The summed E-state index contributed by atoms with van der Waals surface area (Å²) in [6, 6.07) is 6.94. The van der Waals surface area contributed by atoms with Gasteiger partial charge in [-0.3, -0.25) is 14.5 Å². The van der Waals surface area contributed by atoms with Gasteiger partial charge >= 0.3 is 0 Å². The average Bonchev–Trinajstić information content (AvgIpc) is 2.37. The summed E-state index contributed by atoms with van der Waals surface area (Å²) in [5.74, 6) is -0.0314. The Morgan fingerprint density at radius 1 is 1.19 bits per heavy atom. The van der Waals surface area contributed by atoms with Crippen LogP contribution >= 0.6 is 0 Å². The monoisotopic (exact) mass is 290 g/mol. The second-order valence-electron chi connectivity index (χ2n) is 5.63. The van der Waals surface area contributed by atoms with Crippen molar-refractivity contribution in [3.05, 3.63) is 29.8 Å². The second-order valence-corrected chi connectivity index (χ2v) is 5.63. The lowest BCUT2D eigenvalue weighted by Crippen LogP contribution is -2.48. The first kappa shape index (κ1) is 15.7. The first-order valence-electron chi connectivity index (χ1n) is 7.22. The normalized spacial score (nSPS) is 22.8. The summed E-state index contributed by atoms with van der Waals surface area (Å²) in [4.78, 5) is 25.3. The second kappa shape index (κ2) is 6.83. The van der Waals surface area contributed by atoms with E-state index >= 15 is 0 Å². The molecule has 0 aromatic heterocycles. The quantitative estimate of drug-likeness (QED) is 0.861. The molecule has 1 amide bonds. The maximum atomic E-state index is 12.1. The molecule has 1 saturated heterocycles. The van der Waals surface area contributed by atoms with E-state index in [0.29, 0.717) is 17.8 Å². The lowest BCUT2D eigenvalue weighted by molar-refractivity contribution is -0.121. The van der Waals surface area contributed by atoms with Crippen molar-refractivity contribution in [2.24, 2.45) is 0 Å². The fraction of sp³-hybridized carbons (Fsp3) is 0.500. The predicted octanol–water partition coefficient (Wildman–Crippen LogP) is 1.94. The zero-order chi connectivity index (χ0) is 15.4. The third-order valence-electron chi connectivity index (χ3n) is 3.44. The Kier molecular flexibility index (Phi) is 5.09. The summed E-state index contributed by atoms with van der Waals surface area (Å²) < 4.78 is 5.65. The van der Waals surface area contributed by atoms with Crippen molar-refractivity contribution >= 4 is 17.4 Å². The molecule has 114 valence electrons. The van der Waals surface area contributed by atoms with Crippen molar-refractivity contribution in [1.29, 1.82) is 0 Å². The molecule has 0 unspecified atom stereocenters. The zero-order valence-electron chi connectivity index (χ0n) is 12.8. The van der Waals surface area contributed by atoms with Gasteiger partial charge in [0.2, 0.25) is 5.91 Å². The maximum Gasteiger partial charge on any atom is 0.238 e. The van der Waals surface area contributed by atoms with Gasteiger partial charge in [0.15, 0.2) is 5.78 Å². The molecule has 1 aromatic carbocycles. The molecule has 0 radical (unpaired) electrons. The van der Waals surface area contributed by atoms with Crippen LogP contribution in [0.15, 0.2) is 24.3 Å². The van der Waals surface area contributed by atoms with E-state index in [0.717, 1.165) is 13.1 Å². The number of ketones is 1. The highest BCUT2D eigenvalue weighted by atomic mass is 16.5. The highest BCUT2D eigenvalue weighted by molar-refractivity contribution is 5.96. The first-order valence-corrected chi connectivity index (χ1v) is 7.22. The van der Waals surface area contributed by atoms with Crippen LogP contribution < -0.4 is 5.32 Å². The van der Waals surface area contributed by atoms with Crippen LogP contribution in [0.1, 0.15) is 31.1 Å². The van der Waals surface area contributed by atoms with E-state index in [1.54, 1.807) is 24.3 Å². The summed E-state index contributed by atoms with van der Waals surface area (Å²) in [6.45, 7) is 7.44. The van der Waals surface area contributed by atoms with Crippen molar-refractivity contribution in [1.82, 2.24) is 4.90 Å². The number of carbonyl (C=O) groups excluding carboxylic acids is 2. The van der Waals surface area contributed by atoms with E-state index in [1.165, 1.54) is 6.92 Å². The molecule has 1 heterocycles.